The van der Waals surface area contributed by atoms with Gasteiger partial charge in [-0.2, -0.15) is 0 Å². The van der Waals surface area contributed by atoms with Gasteiger partial charge < -0.3 is 15.6 Å². The Morgan fingerprint density at radius 3 is 2.86 bits per heavy atom. The molecule has 0 spiro atoms. The molecule has 5 nitrogen and oxygen atoms in total. The van der Waals surface area contributed by atoms with Gasteiger partial charge in [0, 0.05) is 30.6 Å². The average Bonchev–Trinajstić information content (AvgIpc) is 2.93. The number of amides is 1. The zero-order valence-corrected chi connectivity index (χ0v) is 12.1. The molecule has 1 aliphatic carbocycles. The van der Waals surface area contributed by atoms with Crippen molar-refractivity contribution in [1.82, 2.24) is 10.5 Å². The van der Waals surface area contributed by atoms with Crippen LogP contribution in [0.3, 0.4) is 0 Å². The highest BCUT2D eigenvalue weighted by Gasteiger charge is 2.24. The molecule has 22 heavy (non-hydrogen) atoms. The fourth-order valence-corrected chi connectivity index (χ4v) is 2.42. The number of carbonyl (C=O) groups is 1. The molecule has 0 bridgehead atoms. The molecule has 0 atom stereocenters. The first-order chi connectivity index (χ1) is 10.7. The Bertz CT molecular complexity index is 680. The normalized spacial score (nSPS) is 14.6. The molecule has 116 valence electrons. The molecule has 0 unspecified atom stereocenters. The summed E-state index contributed by atoms with van der Waals surface area (Å²) in [6.07, 6.45) is 3.37. The van der Waals surface area contributed by atoms with Crippen molar-refractivity contribution in [2.45, 2.75) is 38.3 Å². The van der Waals surface area contributed by atoms with E-state index in [0.29, 0.717) is 17.0 Å². The van der Waals surface area contributed by atoms with Crippen LogP contribution in [0.5, 0.6) is 0 Å². The molecular weight excluding hydrogens is 285 g/mol. The van der Waals surface area contributed by atoms with Gasteiger partial charge in [0.25, 0.3) is 5.91 Å². The predicted octanol–water partition coefficient (Wildman–Crippen LogP) is 2.47. The van der Waals surface area contributed by atoms with Gasteiger partial charge in [0.05, 0.1) is 5.69 Å². The maximum absolute atomic E-state index is 13.8. The van der Waals surface area contributed by atoms with Gasteiger partial charge in [-0.1, -0.05) is 23.7 Å². The SMILES string of the molecule is NCc1ccc(CNC(=O)c2cc(C3CCC3)no2)c(F)c1. The van der Waals surface area contributed by atoms with E-state index in [1.165, 1.54) is 12.5 Å². The molecule has 6 heteroatoms. The molecule has 3 rings (SSSR count). The summed E-state index contributed by atoms with van der Waals surface area (Å²) in [4.78, 5) is 12.0. The van der Waals surface area contributed by atoms with Gasteiger partial charge in [-0.25, -0.2) is 4.39 Å². The van der Waals surface area contributed by atoms with E-state index in [1.54, 1.807) is 18.2 Å². The Hall–Kier alpha value is -2.21. The Morgan fingerprint density at radius 2 is 2.23 bits per heavy atom. The molecule has 3 N–H and O–H groups in total. The number of nitrogens with zero attached hydrogens (tertiary/aromatic N) is 1. The van der Waals surface area contributed by atoms with Crippen molar-refractivity contribution in [1.29, 1.82) is 0 Å². The van der Waals surface area contributed by atoms with E-state index < -0.39 is 0 Å². The second-order valence-corrected chi connectivity index (χ2v) is 5.56. The summed E-state index contributed by atoms with van der Waals surface area (Å²) < 4.78 is 18.9. The van der Waals surface area contributed by atoms with Gasteiger partial charge in [-0.05, 0) is 24.5 Å². The molecule has 1 aromatic carbocycles. The Balaban J connectivity index is 1.61. The topological polar surface area (TPSA) is 81.1 Å². The summed E-state index contributed by atoms with van der Waals surface area (Å²) in [5.41, 5.74) is 7.41. The van der Waals surface area contributed by atoms with Crippen molar-refractivity contribution in [2.24, 2.45) is 5.73 Å². The largest absolute Gasteiger partial charge is 0.351 e. The first kappa shape index (κ1) is 14.7. The summed E-state index contributed by atoms with van der Waals surface area (Å²) in [6, 6.07) is 6.42. The van der Waals surface area contributed by atoms with Crippen LogP contribution in [-0.2, 0) is 13.1 Å². The lowest BCUT2D eigenvalue weighted by Crippen LogP contribution is -2.23. The number of rotatable bonds is 5. The smallest absolute Gasteiger partial charge is 0.290 e. The van der Waals surface area contributed by atoms with Crippen LogP contribution in [0, 0.1) is 5.82 Å². The molecular formula is C16H18FN3O2. The third kappa shape index (κ3) is 3.01. The lowest BCUT2D eigenvalue weighted by Gasteiger charge is -2.22. The monoisotopic (exact) mass is 303 g/mol. The highest BCUT2D eigenvalue weighted by Crippen LogP contribution is 2.35. The van der Waals surface area contributed by atoms with E-state index in [9.17, 15) is 9.18 Å². The number of nitrogens with one attached hydrogen (secondary N) is 1. The van der Waals surface area contributed by atoms with Gasteiger partial charge in [0.15, 0.2) is 0 Å². The number of nitrogens with two attached hydrogens (primary N) is 1. The van der Waals surface area contributed by atoms with Crippen molar-refractivity contribution in [3.63, 3.8) is 0 Å². The number of carbonyl (C=O) groups excluding carboxylic acids is 1. The summed E-state index contributed by atoms with van der Waals surface area (Å²) in [7, 11) is 0. The lowest BCUT2D eigenvalue weighted by molar-refractivity contribution is 0.0913. The van der Waals surface area contributed by atoms with E-state index in [4.69, 9.17) is 10.3 Å². The molecule has 0 saturated heterocycles. The first-order valence-electron chi connectivity index (χ1n) is 7.39. The number of halogens is 1. The Labute approximate surface area is 127 Å². The van der Waals surface area contributed by atoms with Crippen molar-refractivity contribution in [2.75, 3.05) is 0 Å². The fourth-order valence-electron chi connectivity index (χ4n) is 2.42. The zero-order valence-electron chi connectivity index (χ0n) is 12.1. The van der Waals surface area contributed by atoms with Crippen LogP contribution in [-0.4, -0.2) is 11.1 Å². The third-order valence-corrected chi connectivity index (χ3v) is 4.07. The molecule has 1 aromatic heterocycles. The minimum absolute atomic E-state index is 0.0922. The standard InChI is InChI=1S/C16H18FN3O2/c17-13-6-10(8-18)4-5-12(13)9-19-16(21)15-7-14(20-22-15)11-2-1-3-11/h4-7,11H,1-3,8-9,18H2,(H,19,21). The maximum atomic E-state index is 13.8. The minimum atomic E-state index is -0.389. The molecule has 0 aliphatic heterocycles. The fraction of sp³-hybridized carbons (Fsp3) is 0.375. The van der Waals surface area contributed by atoms with Crippen molar-refractivity contribution in [3.8, 4) is 0 Å². The molecule has 1 saturated carbocycles. The Kier molecular flexibility index (Phi) is 4.20. The van der Waals surface area contributed by atoms with Crippen LogP contribution in [0.25, 0.3) is 0 Å². The van der Waals surface area contributed by atoms with Crippen molar-refractivity contribution in [3.05, 3.63) is 52.7 Å². The predicted molar refractivity (Wildman–Crippen MR) is 78.6 cm³/mol. The van der Waals surface area contributed by atoms with Crippen LogP contribution < -0.4 is 11.1 Å². The molecule has 1 aliphatic rings. The highest BCUT2D eigenvalue weighted by molar-refractivity contribution is 5.91. The minimum Gasteiger partial charge on any atom is -0.351 e. The van der Waals surface area contributed by atoms with Gasteiger partial charge >= 0.3 is 0 Å². The highest BCUT2D eigenvalue weighted by atomic mass is 19.1. The first-order valence-corrected chi connectivity index (χ1v) is 7.39. The Morgan fingerprint density at radius 1 is 1.41 bits per heavy atom. The number of hydrogen-bond acceptors (Lipinski definition) is 4. The number of aromatic nitrogens is 1. The molecule has 0 radical (unpaired) electrons. The van der Waals surface area contributed by atoms with E-state index in [-0.39, 0.29) is 30.6 Å². The third-order valence-electron chi connectivity index (χ3n) is 4.07. The van der Waals surface area contributed by atoms with Gasteiger partial charge in [-0.3, -0.25) is 4.79 Å². The summed E-state index contributed by atoms with van der Waals surface area (Å²) in [5.74, 6) is -0.191. The van der Waals surface area contributed by atoms with E-state index >= 15 is 0 Å². The summed E-state index contributed by atoms with van der Waals surface area (Å²) in [6.45, 7) is 0.376. The lowest BCUT2D eigenvalue weighted by atomic mass is 9.83. The van der Waals surface area contributed by atoms with Gasteiger partial charge in [-0.15, -0.1) is 0 Å². The van der Waals surface area contributed by atoms with E-state index in [1.807, 2.05) is 0 Å². The van der Waals surface area contributed by atoms with Crippen LogP contribution in [0.2, 0.25) is 0 Å². The quantitative estimate of drug-likeness (QED) is 0.889. The molecule has 2 aromatic rings. The van der Waals surface area contributed by atoms with Crippen molar-refractivity contribution < 1.29 is 13.7 Å². The van der Waals surface area contributed by atoms with E-state index in [0.717, 1.165) is 18.5 Å². The van der Waals surface area contributed by atoms with Gasteiger partial charge in [0.1, 0.15) is 5.82 Å². The molecule has 1 heterocycles. The van der Waals surface area contributed by atoms with Crippen LogP contribution >= 0.6 is 0 Å². The van der Waals surface area contributed by atoms with Crippen LogP contribution in [0.4, 0.5) is 4.39 Å². The molecule has 1 fully saturated rings. The maximum Gasteiger partial charge on any atom is 0.290 e. The number of benzene rings is 1. The van der Waals surface area contributed by atoms with Gasteiger partial charge in [0.2, 0.25) is 5.76 Å². The molecule has 1 amide bonds. The van der Waals surface area contributed by atoms with E-state index in [2.05, 4.69) is 10.5 Å². The van der Waals surface area contributed by atoms with Crippen LogP contribution in [0.1, 0.15) is 52.6 Å². The average molecular weight is 303 g/mol. The van der Waals surface area contributed by atoms with Crippen molar-refractivity contribution >= 4 is 5.91 Å². The summed E-state index contributed by atoms with van der Waals surface area (Å²) in [5, 5.41) is 6.57. The second-order valence-electron chi connectivity index (χ2n) is 5.56. The number of hydrogen-bond donors (Lipinski definition) is 2. The van der Waals surface area contributed by atoms with Crippen LogP contribution in [0.15, 0.2) is 28.8 Å². The second kappa shape index (κ2) is 6.27. The summed E-state index contributed by atoms with van der Waals surface area (Å²) >= 11 is 0. The zero-order chi connectivity index (χ0) is 15.5.